The summed E-state index contributed by atoms with van der Waals surface area (Å²) >= 11 is 5.32. The number of carbonyl (C=O) groups is 1. The van der Waals surface area contributed by atoms with Crippen molar-refractivity contribution >= 4 is 34.8 Å². The first-order chi connectivity index (χ1) is 13.3. The van der Waals surface area contributed by atoms with Crippen LogP contribution < -0.4 is 33.6 Å². The highest BCUT2D eigenvalue weighted by Crippen LogP contribution is 2.20. The van der Waals surface area contributed by atoms with Crippen LogP contribution in [0.5, 0.6) is 0 Å². The van der Waals surface area contributed by atoms with Gasteiger partial charge in [-0.15, -0.1) is 0 Å². The number of amidine groups is 1. The van der Waals surface area contributed by atoms with Gasteiger partial charge in [0.05, 0.1) is 6.04 Å². The molecule has 0 bridgehead atoms. The summed E-state index contributed by atoms with van der Waals surface area (Å²) in [5.74, 6) is 0.0702. The smallest absolute Gasteiger partial charge is 0.268 e. The summed E-state index contributed by atoms with van der Waals surface area (Å²) in [6.45, 7) is 1.93. The lowest BCUT2D eigenvalue weighted by molar-refractivity contribution is -0.114. The predicted octanol–water partition coefficient (Wildman–Crippen LogP) is -0.395. The first-order valence-corrected chi connectivity index (χ1v) is 9.51. The molecule has 2 atom stereocenters. The van der Waals surface area contributed by atoms with Gasteiger partial charge in [0.1, 0.15) is 28.0 Å². The zero-order valence-corrected chi connectivity index (χ0v) is 16.6. The number of anilines is 1. The van der Waals surface area contributed by atoms with Gasteiger partial charge in [-0.3, -0.25) is 9.79 Å². The van der Waals surface area contributed by atoms with E-state index in [0.29, 0.717) is 12.3 Å². The molecule has 0 spiro atoms. The van der Waals surface area contributed by atoms with Gasteiger partial charge in [-0.05, 0) is 12.8 Å². The van der Waals surface area contributed by atoms with E-state index < -0.39 is 5.91 Å². The van der Waals surface area contributed by atoms with Crippen molar-refractivity contribution in [1.29, 1.82) is 0 Å². The van der Waals surface area contributed by atoms with Crippen LogP contribution in [0.1, 0.15) is 44.7 Å². The molecule has 28 heavy (non-hydrogen) atoms. The van der Waals surface area contributed by atoms with Crippen molar-refractivity contribution in [3.8, 4) is 0 Å². The summed E-state index contributed by atoms with van der Waals surface area (Å²) in [6, 6.07) is 0.0151. The van der Waals surface area contributed by atoms with E-state index in [2.05, 4.69) is 20.6 Å². The zero-order chi connectivity index (χ0) is 20.7. The van der Waals surface area contributed by atoms with Crippen LogP contribution in [-0.4, -0.2) is 38.8 Å². The fourth-order valence-corrected chi connectivity index (χ4v) is 3.10. The second-order valence-corrected chi connectivity index (χ2v) is 6.88. The number of nitrogens with one attached hydrogen (secondary N) is 2. The summed E-state index contributed by atoms with van der Waals surface area (Å²) in [5, 5.41) is 5.88. The van der Waals surface area contributed by atoms with Crippen LogP contribution in [0.3, 0.4) is 0 Å². The molecule has 2 rings (SSSR count). The third-order valence-corrected chi connectivity index (χ3v) is 4.72. The molecule has 1 fully saturated rings. The average Bonchev–Trinajstić information content (AvgIpc) is 2.67. The molecule has 0 radical (unpaired) electrons. The van der Waals surface area contributed by atoms with Gasteiger partial charge < -0.3 is 33.6 Å². The highest BCUT2D eigenvalue weighted by atomic mass is 32.1. The number of thiocarbonyl (C=S) groups is 1. The number of primary amides is 1. The van der Waals surface area contributed by atoms with Crippen molar-refractivity contribution in [2.75, 3.05) is 5.73 Å². The Hall–Kier alpha value is -2.79. The lowest BCUT2D eigenvalue weighted by Gasteiger charge is -2.26. The Morgan fingerprint density at radius 1 is 1.25 bits per heavy atom. The van der Waals surface area contributed by atoms with E-state index in [0.717, 1.165) is 25.7 Å². The van der Waals surface area contributed by atoms with Crippen LogP contribution in [0.25, 0.3) is 0 Å². The van der Waals surface area contributed by atoms with Crippen molar-refractivity contribution in [3.63, 3.8) is 0 Å². The maximum Gasteiger partial charge on any atom is 0.268 e. The first-order valence-electron chi connectivity index (χ1n) is 9.10. The van der Waals surface area contributed by atoms with Crippen LogP contribution in [-0.2, 0) is 4.79 Å². The Morgan fingerprint density at radius 3 is 2.54 bits per heavy atom. The topological polar surface area (TPSA) is 183 Å². The molecule has 1 aliphatic carbocycles. The molecule has 0 aliphatic heterocycles. The van der Waals surface area contributed by atoms with Crippen molar-refractivity contribution in [2.45, 2.75) is 51.1 Å². The fourth-order valence-electron chi connectivity index (χ4n) is 2.84. The summed E-state index contributed by atoms with van der Waals surface area (Å²) < 4.78 is 0. The molecule has 10 N–H and O–H groups in total. The number of hydrogen-bond acceptors (Lipinski definition) is 8. The third kappa shape index (κ3) is 5.60. The molecule has 1 saturated carbocycles. The number of nitrogens with two attached hydrogens (primary N) is 4. The normalized spacial score (nSPS) is 20.9. The molecule has 11 heteroatoms. The van der Waals surface area contributed by atoms with Crippen LogP contribution >= 0.6 is 12.2 Å². The van der Waals surface area contributed by atoms with Gasteiger partial charge in [-0.2, -0.15) is 0 Å². The van der Waals surface area contributed by atoms with Crippen molar-refractivity contribution in [1.82, 2.24) is 20.6 Å². The Morgan fingerprint density at radius 2 is 1.93 bits per heavy atom. The quantitative estimate of drug-likeness (QED) is 0.159. The van der Waals surface area contributed by atoms with E-state index in [1.165, 1.54) is 12.4 Å². The maximum atomic E-state index is 11.6. The summed E-state index contributed by atoms with van der Waals surface area (Å²) in [6.07, 6.45) is 7.52. The molecule has 1 heterocycles. The predicted molar refractivity (Wildman–Crippen MR) is 113 cm³/mol. The molecule has 1 aromatic heterocycles. The molecule has 0 saturated heterocycles. The minimum absolute atomic E-state index is 0.00597. The molecule has 1 aromatic rings. The number of nitrogen functional groups attached to an aromatic ring is 1. The highest BCUT2D eigenvalue weighted by Gasteiger charge is 2.22. The number of aliphatic imine (C=N–C) groups is 1. The second-order valence-electron chi connectivity index (χ2n) is 6.47. The van der Waals surface area contributed by atoms with Gasteiger partial charge in [-0.1, -0.05) is 32.0 Å². The van der Waals surface area contributed by atoms with E-state index in [1.54, 1.807) is 0 Å². The monoisotopic (exact) mass is 405 g/mol. The minimum Gasteiger partial charge on any atom is -0.391 e. The van der Waals surface area contributed by atoms with Gasteiger partial charge in [0.25, 0.3) is 5.91 Å². The van der Waals surface area contributed by atoms with Gasteiger partial charge >= 0.3 is 0 Å². The van der Waals surface area contributed by atoms with Gasteiger partial charge in [0.15, 0.2) is 5.82 Å². The average molecular weight is 406 g/mol. The first kappa shape index (κ1) is 21.5. The summed E-state index contributed by atoms with van der Waals surface area (Å²) in [5.41, 5.74) is 23.2. The number of nitrogens with zero attached hydrogens (tertiary/aromatic N) is 3. The SMILES string of the molecule is CCC(=N[C@@H]1CCCC[C@@H]1N)N/C(NC(=S)c1nccnc1N)=C(\N)C(N)=O. The lowest BCUT2D eigenvalue weighted by Crippen LogP contribution is -2.42. The third-order valence-electron chi connectivity index (χ3n) is 4.42. The molecule has 1 amide bonds. The number of carbonyl (C=O) groups excluding carboxylic acids is 1. The number of hydrogen-bond donors (Lipinski definition) is 6. The van der Waals surface area contributed by atoms with E-state index >= 15 is 0 Å². The Kier molecular flexibility index (Phi) is 7.64. The number of rotatable bonds is 6. The van der Waals surface area contributed by atoms with E-state index in [1.807, 2.05) is 6.92 Å². The van der Waals surface area contributed by atoms with Gasteiger partial charge in [0.2, 0.25) is 0 Å². The van der Waals surface area contributed by atoms with Crippen molar-refractivity contribution in [3.05, 3.63) is 29.6 Å². The Bertz CT molecular complexity index is 793. The molecular weight excluding hydrogens is 378 g/mol. The number of aromatic nitrogens is 2. The van der Waals surface area contributed by atoms with Gasteiger partial charge in [0, 0.05) is 24.9 Å². The molecule has 10 nitrogen and oxygen atoms in total. The molecule has 0 aromatic carbocycles. The Labute approximate surface area is 169 Å². The minimum atomic E-state index is -0.810. The molecule has 0 unspecified atom stereocenters. The van der Waals surface area contributed by atoms with Crippen LogP contribution in [0.15, 0.2) is 28.9 Å². The van der Waals surface area contributed by atoms with E-state index in [4.69, 9.17) is 40.1 Å². The summed E-state index contributed by atoms with van der Waals surface area (Å²) in [4.78, 5) is 24.5. The Balaban J connectivity index is 2.26. The number of amides is 1. The summed E-state index contributed by atoms with van der Waals surface area (Å²) in [7, 11) is 0. The van der Waals surface area contributed by atoms with Crippen LogP contribution in [0.4, 0.5) is 5.82 Å². The second kappa shape index (κ2) is 9.95. The van der Waals surface area contributed by atoms with Crippen molar-refractivity contribution < 1.29 is 4.79 Å². The van der Waals surface area contributed by atoms with Crippen LogP contribution in [0, 0.1) is 0 Å². The van der Waals surface area contributed by atoms with Crippen molar-refractivity contribution in [2.24, 2.45) is 22.2 Å². The molecule has 152 valence electrons. The highest BCUT2D eigenvalue weighted by molar-refractivity contribution is 7.80. The standard InChI is InChI=1S/C17H27N9OS/c1-2-11(24-10-6-4-3-5-9(10)18)25-16(12(19)15(21)27)26-17(28)13-14(20)23-8-7-22-13/h7-10H,2-6,18-19H2,1H3,(H2,20,23)(H2,21,27)(H,24,25)(H,26,28)/b16-12+/t9-,10+/m0/s1. The largest absolute Gasteiger partial charge is 0.391 e. The zero-order valence-electron chi connectivity index (χ0n) is 15.8. The lowest BCUT2D eigenvalue weighted by atomic mass is 9.91. The maximum absolute atomic E-state index is 11.6. The van der Waals surface area contributed by atoms with E-state index in [-0.39, 0.29) is 40.1 Å². The molecular formula is C17H27N9OS. The van der Waals surface area contributed by atoms with E-state index in [9.17, 15) is 4.79 Å². The molecule has 1 aliphatic rings. The van der Waals surface area contributed by atoms with Gasteiger partial charge in [-0.25, -0.2) is 9.97 Å². The fraction of sp³-hybridized carbons (Fsp3) is 0.471. The van der Waals surface area contributed by atoms with Crippen LogP contribution in [0.2, 0.25) is 0 Å².